The van der Waals surface area contributed by atoms with Crippen LogP contribution in [0.3, 0.4) is 0 Å². The Bertz CT molecular complexity index is 323. The van der Waals surface area contributed by atoms with E-state index in [0.29, 0.717) is 26.4 Å². The van der Waals surface area contributed by atoms with E-state index in [0.717, 1.165) is 20.5 Å². The van der Waals surface area contributed by atoms with E-state index in [2.05, 4.69) is 33.0 Å². The SMILES string of the molecule is CCOC(C)(C)C([SiH3])(NC([SiH3])(OCC)C(C)(C)OCC)OCC. The third-order valence-electron chi connectivity index (χ3n) is 4.65. The molecular formula is C16H39NO4Si2. The molecule has 0 fully saturated rings. The number of ether oxygens (including phenoxy) is 4. The van der Waals surface area contributed by atoms with E-state index in [1.54, 1.807) is 0 Å². The first-order chi connectivity index (χ1) is 10.4. The predicted molar refractivity (Wildman–Crippen MR) is 103 cm³/mol. The molecule has 0 aromatic rings. The molecule has 2 atom stereocenters. The summed E-state index contributed by atoms with van der Waals surface area (Å²) in [6.07, 6.45) is 0. The van der Waals surface area contributed by atoms with Crippen molar-refractivity contribution in [2.75, 3.05) is 26.4 Å². The third-order valence-corrected chi connectivity index (χ3v) is 8.14. The van der Waals surface area contributed by atoms with Crippen LogP contribution in [-0.4, -0.2) is 68.8 Å². The van der Waals surface area contributed by atoms with Gasteiger partial charge in [-0.1, -0.05) is 0 Å². The molecule has 0 bridgehead atoms. The summed E-state index contributed by atoms with van der Waals surface area (Å²) in [5.74, 6) is 0. The van der Waals surface area contributed by atoms with E-state index in [-0.39, 0.29) is 0 Å². The first kappa shape index (κ1) is 23.2. The second kappa shape index (κ2) is 9.08. The molecule has 0 heterocycles. The molecule has 0 radical (unpaired) electrons. The lowest BCUT2D eigenvalue weighted by Crippen LogP contribution is -2.76. The van der Waals surface area contributed by atoms with E-state index < -0.39 is 21.9 Å². The van der Waals surface area contributed by atoms with Crippen molar-refractivity contribution in [1.82, 2.24) is 5.32 Å². The van der Waals surface area contributed by atoms with Gasteiger partial charge in [-0.25, -0.2) is 0 Å². The molecule has 140 valence electrons. The lowest BCUT2D eigenvalue weighted by molar-refractivity contribution is -0.223. The van der Waals surface area contributed by atoms with E-state index in [1.165, 1.54) is 0 Å². The van der Waals surface area contributed by atoms with Crippen molar-refractivity contribution in [2.45, 2.75) is 77.3 Å². The predicted octanol–water partition coefficient (Wildman–Crippen LogP) is 0.318. The van der Waals surface area contributed by atoms with Crippen LogP contribution in [0.25, 0.3) is 0 Å². The van der Waals surface area contributed by atoms with E-state index in [9.17, 15) is 0 Å². The summed E-state index contributed by atoms with van der Waals surface area (Å²) in [5, 5.41) is 2.56. The summed E-state index contributed by atoms with van der Waals surface area (Å²) in [7, 11) is 1.51. The Morgan fingerprint density at radius 3 is 1.09 bits per heavy atom. The van der Waals surface area contributed by atoms with E-state index >= 15 is 0 Å². The zero-order valence-corrected chi connectivity index (χ0v) is 21.0. The molecule has 5 nitrogen and oxygen atoms in total. The minimum Gasteiger partial charge on any atom is -0.372 e. The van der Waals surface area contributed by atoms with Crippen LogP contribution >= 0.6 is 0 Å². The van der Waals surface area contributed by atoms with E-state index in [1.807, 2.05) is 27.7 Å². The smallest absolute Gasteiger partial charge is 0.124 e. The molecule has 0 spiro atoms. The fraction of sp³-hybridized carbons (Fsp3) is 1.00. The Hall–Kier alpha value is 0.234. The zero-order valence-electron chi connectivity index (χ0n) is 17.0. The van der Waals surface area contributed by atoms with Gasteiger partial charge in [-0.3, -0.25) is 5.32 Å². The van der Waals surface area contributed by atoms with Gasteiger partial charge in [0.2, 0.25) is 0 Å². The molecule has 0 aromatic heterocycles. The number of rotatable bonds is 12. The Balaban J connectivity index is 5.72. The highest BCUT2D eigenvalue weighted by Crippen LogP contribution is 2.32. The normalized spacial score (nSPS) is 18.8. The first-order valence-electron chi connectivity index (χ1n) is 8.80. The largest absolute Gasteiger partial charge is 0.372 e. The highest BCUT2D eigenvalue weighted by atomic mass is 28.2. The van der Waals surface area contributed by atoms with Crippen LogP contribution in [0.2, 0.25) is 0 Å². The molecule has 0 aliphatic rings. The summed E-state index contributed by atoms with van der Waals surface area (Å²) >= 11 is 0. The fourth-order valence-corrected chi connectivity index (χ4v) is 5.07. The Labute approximate surface area is 149 Å². The number of hydrogen-bond donors (Lipinski definition) is 1. The van der Waals surface area contributed by atoms with Gasteiger partial charge in [-0.15, -0.1) is 0 Å². The standard InChI is InChI=1S/C16H39NO4Si2/c1-9-18-13(5,6)15(22,20-11-3)17-16(23,21-12-4)14(7,8)19-10-2/h17H,9-12H2,1-8,22-23H3. The topological polar surface area (TPSA) is 49.0 Å². The van der Waals surface area contributed by atoms with Crippen molar-refractivity contribution < 1.29 is 18.9 Å². The summed E-state index contributed by atoms with van der Waals surface area (Å²) in [4.78, 5) is 0. The second-order valence-electron chi connectivity index (χ2n) is 6.94. The quantitative estimate of drug-likeness (QED) is 0.399. The Morgan fingerprint density at radius 2 is 0.870 bits per heavy atom. The molecule has 0 aromatic carbocycles. The van der Waals surface area contributed by atoms with Gasteiger partial charge >= 0.3 is 0 Å². The van der Waals surface area contributed by atoms with Crippen LogP contribution in [0.1, 0.15) is 55.4 Å². The molecule has 2 unspecified atom stereocenters. The van der Waals surface area contributed by atoms with Crippen LogP contribution in [-0.2, 0) is 18.9 Å². The first-order valence-corrected chi connectivity index (χ1v) is 10.8. The van der Waals surface area contributed by atoms with Crippen molar-refractivity contribution in [3.8, 4) is 0 Å². The van der Waals surface area contributed by atoms with Gasteiger partial charge in [0, 0.05) is 26.4 Å². The van der Waals surface area contributed by atoms with E-state index in [4.69, 9.17) is 18.9 Å². The maximum atomic E-state index is 6.17. The minimum absolute atomic E-state index is 0.459. The van der Waals surface area contributed by atoms with Crippen LogP contribution < -0.4 is 5.32 Å². The zero-order chi connectivity index (χ0) is 18.4. The van der Waals surface area contributed by atoms with Crippen LogP contribution in [0, 0.1) is 0 Å². The van der Waals surface area contributed by atoms with Gasteiger partial charge in [0.05, 0.1) is 20.5 Å². The average Bonchev–Trinajstić information content (AvgIpc) is 2.38. The van der Waals surface area contributed by atoms with Gasteiger partial charge in [0.15, 0.2) is 0 Å². The molecule has 0 saturated carbocycles. The van der Waals surface area contributed by atoms with Gasteiger partial charge in [-0.05, 0) is 55.4 Å². The molecule has 23 heavy (non-hydrogen) atoms. The van der Waals surface area contributed by atoms with Crippen LogP contribution in [0.5, 0.6) is 0 Å². The molecule has 1 N–H and O–H groups in total. The molecular weight excluding hydrogens is 326 g/mol. The van der Waals surface area contributed by atoms with Crippen molar-refractivity contribution >= 4 is 20.5 Å². The lowest BCUT2D eigenvalue weighted by Gasteiger charge is -2.53. The number of nitrogens with one attached hydrogen (secondary N) is 1. The monoisotopic (exact) mass is 365 g/mol. The van der Waals surface area contributed by atoms with Crippen molar-refractivity contribution in [3.05, 3.63) is 0 Å². The summed E-state index contributed by atoms with van der Waals surface area (Å²) in [5.41, 5.74) is -0.919. The van der Waals surface area contributed by atoms with Crippen molar-refractivity contribution in [2.24, 2.45) is 0 Å². The van der Waals surface area contributed by atoms with Gasteiger partial charge in [0.1, 0.15) is 21.9 Å². The number of hydrogen-bond acceptors (Lipinski definition) is 5. The summed E-state index contributed by atoms with van der Waals surface area (Å²) in [6, 6.07) is 0. The summed E-state index contributed by atoms with van der Waals surface area (Å²) in [6.45, 7) is 18.9. The summed E-state index contributed by atoms with van der Waals surface area (Å²) < 4.78 is 24.4. The molecule has 0 rings (SSSR count). The third kappa shape index (κ3) is 5.62. The van der Waals surface area contributed by atoms with Gasteiger partial charge < -0.3 is 18.9 Å². The van der Waals surface area contributed by atoms with Crippen LogP contribution in [0.15, 0.2) is 0 Å². The maximum Gasteiger partial charge on any atom is 0.124 e. The molecule has 0 saturated heterocycles. The second-order valence-corrected chi connectivity index (χ2v) is 9.76. The minimum atomic E-state index is -0.566. The van der Waals surface area contributed by atoms with Gasteiger partial charge in [0.25, 0.3) is 0 Å². The van der Waals surface area contributed by atoms with Gasteiger partial charge in [-0.2, -0.15) is 0 Å². The highest BCUT2D eigenvalue weighted by Gasteiger charge is 2.52. The Kier molecular flexibility index (Phi) is 9.17. The van der Waals surface area contributed by atoms with Crippen molar-refractivity contribution in [1.29, 1.82) is 0 Å². The molecule has 0 aliphatic heterocycles. The average molecular weight is 366 g/mol. The van der Waals surface area contributed by atoms with Crippen LogP contribution in [0.4, 0.5) is 0 Å². The lowest BCUT2D eigenvalue weighted by atomic mass is 10.0. The molecule has 0 amide bonds. The Morgan fingerprint density at radius 1 is 0.609 bits per heavy atom. The molecule has 7 heteroatoms. The fourth-order valence-electron chi connectivity index (χ4n) is 2.75. The maximum absolute atomic E-state index is 6.17. The van der Waals surface area contributed by atoms with Crippen molar-refractivity contribution in [3.63, 3.8) is 0 Å². The molecule has 0 aliphatic carbocycles. The highest BCUT2D eigenvalue weighted by molar-refractivity contribution is 6.18.